The van der Waals surface area contributed by atoms with Crippen LogP contribution in [-0.2, 0) is 6.42 Å². The van der Waals surface area contributed by atoms with Gasteiger partial charge in [0.05, 0.1) is 5.69 Å². The highest BCUT2D eigenvalue weighted by atomic mass is 79.9. The van der Waals surface area contributed by atoms with Crippen LogP contribution < -0.4 is 0 Å². The maximum Gasteiger partial charge on any atom is 0.137 e. The molecule has 2 aromatic heterocycles. The predicted octanol–water partition coefficient (Wildman–Crippen LogP) is 4.09. The van der Waals surface area contributed by atoms with E-state index in [4.69, 9.17) is 4.98 Å². The molecule has 0 aromatic carbocycles. The first-order chi connectivity index (χ1) is 8.08. The van der Waals surface area contributed by atoms with Crippen LogP contribution in [-0.4, -0.2) is 9.38 Å². The molecule has 0 amide bonds. The number of halogens is 1. The zero-order valence-electron chi connectivity index (χ0n) is 10.5. The van der Waals surface area contributed by atoms with Crippen LogP contribution in [0.4, 0.5) is 0 Å². The molecule has 2 heterocycles. The van der Waals surface area contributed by atoms with Crippen LogP contribution >= 0.6 is 15.9 Å². The molecule has 0 aliphatic heterocycles. The maximum atomic E-state index is 4.80. The predicted molar refractivity (Wildman–Crippen MR) is 73.5 cm³/mol. The number of fused-ring (bicyclic) bond motifs is 3. The Balaban J connectivity index is 2.34. The molecule has 3 rings (SSSR count). The number of nitrogens with zero attached hydrogens (tertiary/aromatic N) is 2. The second-order valence-corrected chi connectivity index (χ2v) is 6.20. The summed E-state index contributed by atoms with van der Waals surface area (Å²) in [5, 5.41) is 0. The summed E-state index contributed by atoms with van der Waals surface area (Å²) in [5.74, 6) is 1.36. The average molecular weight is 293 g/mol. The Labute approximate surface area is 110 Å². The molecule has 0 saturated carbocycles. The van der Waals surface area contributed by atoms with E-state index < -0.39 is 0 Å². The summed E-state index contributed by atoms with van der Waals surface area (Å²) in [6.07, 6.45) is 2.39. The molecular formula is C14H17BrN2. The van der Waals surface area contributed by atoms with Gasteiger partial charge in [-0.2, -0.15) is 0 Å². The van der Waals surface area contributed by atoms with E-state index in [0.717, 1.165) is 22.5 Å². The SMILES string of the molecule is Cc1c(Br)ccc2nc3c(n12)C(C)CC(C)C3. The van der Waals surface area contributed by atoms with Crippen molar-refractivity contribution >= 4 is 21.6 Å². The van der Waals surface area contributed by atoms with Crippen molar-refractivity contribution < 1.29 is 0 Å². The van der Waals surface area contributed by atoms with E-state index >= 15 is 0 Å². The summed E-state index contributed by atoms with van der Waals surface area (Å²) in [7, 11) is 0. The molecule has 17 heavy (non-hydrogen) atoms. The minimum atomic E-state index is 0.608. The van der Waals surface area contributed by atoms with E-state index in [-0.39, 0.29) is 0 Å². The van der Waals surface area contributed by atoms with Crippen LogP contribution in [0.3, 0.4) is 0 Å². The van der Waals surface area contributed by atoms with Crippen molar-refractivity contribution in [3.8, 4) is 0 Å². The third-order valence-corrected chi connectivity index (χ3v) is 4.68. The number of imidazole rings is 1. The summed E-state index contributed by atoms with van der Waals surface area (Å²) in [6.45, 7) is 6.80. The lowest BCUT2D eigenvalue weighted by atomic mass is 9.84. The summed E-state index contributed by atoms with van der Waals surface area (Å²) < 4.78 is 3.49. The van der Waals surface area contributed by atoms with Crippen molar-refractivity contribution in [2.24, 2.45) is 5.92 Å². The molecule has 1 aliphatic rings. The Kier molecular flexibility index (Phi) is 2.54. The Bertz CT molecular complexity index is 585. The third-order valence-electron chi connectivity index (χ3n) is 3.84. The van der Waals surface area contributed by atoms with Gasteiger partial charge < -0.3 is 0 Å². The highest BCUT2D eigenvalue weighted by molar-refractivity contribution is 9.10. The van der Waals surface area contributed by atoms with E-state index in [1.54, 1.807) is 0 Å². The molecule has 2 aromatic rings. The van der Waals surface area contributed by atoms with Gasteiger partial charge in [0.15, 0.2) is 0 Å². The third kappa shape index (κ3) is 1.63. The number of aryl methyl sites for hydroxylation is 1. The molecule has 0 N–H and O–H groups in total. The van der Waals surface area contributed by atoms with E-state index in [0.29, 0.717) is 5.92 Å². The Morgan fingerprint density at radius 2 is 2.12 bits per heavy atom. The molecule has 0 radical (unpaired) electrons. The number of aromatic nitrogens is 2. The van der Waals surface area contributed by atoms with Gasteiger partial charge in [0, 0.05) is 15.9 Å². The van der Waals surface area contributed by atoms with E-state index in [1.807, 2.05) is 0 Å². The van der Waals surface area contributed by atoms with Gasteiger partial charge >= 0.3 is 0 Å². The van der Waals surface area contributed by atoms with Gasteiger partial charge in [-0.25, -0.2) is 4.98 Å². The number of hydrogen-bond donors (Lipinski definition) is 0. The quantitative estimate of drug-likeness (QED) is 0.715. The van der Waals surface area contributed by atoms with Crippen LogP contribution in [0.1, 0.15) is 43.3 Å². The maximum absolute atomic E-state index is 4.80. The fraction of sp³-hybridized carbons (Fsp3) is 0.500. The van der Waals surface area contributed by atoms with E-state index in [9.17, 15) is 0 Å². The summed E-state index contributed by atoms with van der Waals surface area (Å²) in [6, 6.07) is 4.20. The van der Waals surface area contributed by atoms with Gasteiger partial charge in [-0.05, 0) is 59.7 Å². The fourth-order valence-electron chi connectivity index (χ4n) is 3.12. The van der Waals surface area contributed by atoms with Crippen LogP contribution in [0.5, 0.6) is 0 Å². The van der Waals surface area contributed by atoms with Crippen LogP contribution in [0.15, 0.2) is 16.6 Å². The van der Waals surface area contributed by atoms with Crippen molar-refractivity contribution in [1.82, 2.24) is 9.38 Å². The Hall–Kier alpha value is -0.830. The lowest BCUT2D eigenvalue weighted by Crippen LogP contribution is -2.16. The van der Waals surface area contributed by atoms with Crippen molar-refractivity contribution in [1.29, 1.82) is 0 Å². The molecule has 0 fully saturated rings. The first-order valence-electron chi connectivity index (χ1n) is 6.24. The second-order valence-electron chi connectivity index (χ2n) is 5.35. The molecule has 0 saturated heterocycles. The first-order valence-corrected chi connectivity index (χ1v) is 7.03. The Morgan fingerprint density at radius 1 is 1.35 bits per heavy atom. The smallest absolute Gasteiger partial charge is 0.137 e. The zero-order valence-corrected chi connectivity index (χ0v) is 12.1. The molecular weight excluding hydrogens is 276 g/mol. The standard InChI is InChI=1S/C14H17BrN2/c1-8-6-9(2)14-12(7-8)16-13-5-4-11(15)10(3)17(13)14/h4-5,8-9H,6-7H2,1-3H3. The number of rotatable bonds is 0. The number of hydrogen-bond acceptors (Lipinski definition) is 1. The molecule has 2 atom stereocenters. The van der Waals surface area contributed by atoms with Crippen molar-refractivity contribution in [3.05, 3.63) is 33.7 Å². The molecule has 0 spiro atoms. The highest BCUT2D eigenvalue weighted by Gasteiger charge is 2.27. The van der Waals surface area contributed by atoms with Gasteiger partial charge in [-0.1, -0.05) is 13.8 Å². The summed E-state index contributed by atoms with van der Waals surface area (Å²) in [5.41, 5.74) is 5.09. The highest BCUT2D eigenvalue weighted by Crippen LogP contribution is 2.36. The zero-order chi connectivity index (χ0) is 12.2. The molecule has 1 aliphatic carbocycles. The van der Waals surface area contributed by atoms with Gasteiger partial charge in [0.1, 0.15) is 5.65 Å². The van der Waals surface area contributed by atoms with Gasteiger partial charge in [-0.15, -0.1) is 0 Å². The molecule has 2 nitrogen and oxygen atoms in total. The monoisotopic (exact) mass is 292 g/mol. The second kappa shape index (κ2) is 3.84. The Morgan fingerprint density at radius 3 is 2.88 bits per heavy atom. The van der Waals surface area contributed by atoms with Crippen LogP contribution in [0.25, 0.3) is 5.65 Å². The minimum absolute atomic E-state index is 0.608. The molecule has 0 bridgehead atoms. The molecule has 2 unspecified atom stereocenters. The van der Waals surface area contributed by atoms with Crippen molar-refractivity contribution in [2.75, 3.05) is 0 Å². The molecule has 3 heteroatoms. The number of pyridine rings is 1. The fourth-order valence-corrected chi connectivity index (χ4v) is 3.43. The molecule has 90 valence electrons. The minimum Gasteiger partial charge on any atom is -0.300 e. The van der Waals surface area contributed by atoms with Gasteiger partial charge in [0.2, 0.25) is 0 Å². The van der Waals surface area contributed by atoms with E-state index in [2.05, 4.69) is 53.2 Å². The topological polar surface area (TPSA) is 17.3 Å². The normalized spacial score (nSPS) is 24.0. The largest absolute Gasteiger partial charge is 0.300 e. The van der Waals surface area contributed by atoms with Gasteiger partial charge in [-0.3, -0.25) is 4.40 Å². The van der Waals surface area contributed by atoms with Crippen LogP contribution in [0.2, 0.25) is 0 Å². The van der Waals surface area contributed by atoms with Crippen molar-refractivity contribution in [3.63, 3.8) is 0 Å². The summed E-state index contributed by atoms with van der Waals surface area (Å²) >= 11 is 3.61. The lowest BCUT2D eigenvalue weighted by Gasteiger charge is -2.24. The van der Waals surface area contributed by atoms with Crippen molar-refractivity contribution in [2.45, 2.75) is 39.5 Å². The average Bonchev–Trinajstić information content (AvgIpc) is 2.62. The summed E-state index contributed by atoms with van der Waals surface area (Å²) in [4.78, 5) is 4.80. The first kappa shape index (κ1) is 11.3. The van der Waals surface area contributed by atoms with Gasteiger partial charge in [0.25, 0.3) is 0 Å². The lowest BCUT2D eigenvalue weighted by molar-refractivity contribution is 0.437. The van der Waals surface area contributed by atoms with E-state index in [1.165, 1.54) is 23.5 Å². The van der Waals surface area contributed by atoms with Crippen LogP contribution in [0, 0.1) is 12.8 Å².